The highest BCUT2D eigenvalue weighted by Gasteiger charge is 2.12. The number of esters is 1. The van der Waals surface area contributed by atoms with Gasteiger partial charge >= 0.3 is 5.97 Å². The maximum Gasteiger partial charge on any atom is 0.339 e. The highest BCUT2D eigenvalue weighted by molar-refractivity contribution is 5.96. The molecule has 0 aliphatic heterocycles. The van der Waals surface area contributed by atoms with E-state index in [0.29, 0.717) is 29.2 Å². The number of aromatic nitrogens is 1. The number of amides is 1. The number of anilines is 2. The quantitative estimate of drug-likeness (QED) is 0.558. The van der Waals surface area contributed by atoms with E-state index >= 15 is 0 Å². The van der Waals surface area contributed by atoms with E-state index < -0.39 is 5.97 Å². The highest BCUT2D eigenvalue weighted by Crippen LogP contribution is 2.20. The molecule has 0 aliphatic carbocycles. The Morgan fingerprint density at radius 1 is 1.15 bits per heavy atom. The van der Waals surface area contributed by atoms with Crippen LogP contribution >= 0.6 is 0 Å². The molecule has 7 heteroatoms. The molecule has 1 heterocycles. The van der Waals surface area contributed by atoms with Crippen molar-refractivity contribution >= 4 is 23.4 Å². The van der Waals surface area contributed by atoms with E-state index in [-0.39, 0.29) is 5.91 Å². The number of methoxy groups -OCH3 is 1. The summed E-state index contributed by atoms with van der Waals surface area (Å²) < 4.78 is 4.77. The van der Waals surface area contributed by atoms with Gasteiger partial charge in [-0.05, 0) is 51.3 Å². The second-order valence-corrected chi connectivity index (χ2v) is 6.01. The monoisotopic (exact) mass is 356 g/mol. The number of pyridine rings is 1. The smallest absolute Gasteiger partial charge is 0.339 e. The Bertz CT molecular complexity index is 745. The van der Waals surface area contributed by atoms with Crippen molar-refractivity contribution in [3.8, 4) is 0 Å². The van der Waals surface area contributed by atoms with E-state index in [4.69, 9.17) is 4.74 Å². The largest absolute Gasteiger partial charge is 0.465 e. The molecule has 138 valence electrons. The Hall–Kier alpha value is -2.93. The minimum atomic E-state index is -0.429. The minimum Gasteiger partial charge on any atom is -0.465 e. The summed E-state index contributed by atoms with van der Waals surface area (Å²) in [4.78, 5) is 30.2. The van der Waals surface area contributed by atoms with Crippen LogP contribution < -0.4 is 10.6 Å². The Morgan fingerprint density at radius 3 is 2.58 bits per heavy atom. The zero-order chi connectivity index (χ0) is 18.9. The molecule has 1 amide bonds. The highest BCUT2D eigenvalue weighted by atomic mass is 16.5. The van der Waals surface area contributed by atoms with Crippen molar-refractivity contribution in [2.75, 3.05) is 39.6 Å². The lowest BCUT2D eigenvalue weighted by atomic mass is 10.2. The number of nitrogens with zero attached hydrogens (tertiary/aromatic N) is 2. The van der Waals surface area contributed by atoms with Crippen molar-refractivity contribution in [1.29, 1.82) is 0 Å². The van der Waals surface area contributed by atoms with Crippen LogP contribution in [0.4, 0.5) is 11.5 Å². The van der Waals surface area contributed by atoms with Gasteiger partial charge in [-0.15, -0.1) is 0 Å². The lowest BCUT2D eigenvalue weighted by Crippen LogP contribution is -2.27. The van der Waals surface area contributed by atoms with Crippen LogP contribution in [0.5, 0.6) is 0 Å². The van der Waals surface area contributed by atoms with E-state index in [9.17, 15) is 9.59 Å². The van der Waals surface area contributed by atoms with Crippen LogP contribution in [0, 0.1) is 0 Å². The molecule has 2 aromatic rings. The third kappa shape index (κ3) is 5.56. The zero-order valence-electron chi connectivity index (χ0n) is 15.3. The predicted octanol–water partition coefficient (Wildman–Crippen LogP) is 2.29. The molecule has 0 saturated carbocycles. The summed E-state index contributed by atoms with van der Waals surface area (Å²) in [7, 11) is 5.33. The van der Waals surface area contributed by atoms with Crippen LogP contribution in [0.3, 0.4) is 0 Å². The first kappa shape index (κ1) is 19.4. The zero-order valence-corrected chi connectivity index (χ0v) is 15.3. The van der Waals surface area contributed by atoms with E-state index in [0.717, 1.165) is 13.0 Å². The molecular weight excluding hydrogens is 332 g/mol. The van der Waals surface area contributed by atoms with Crippen molar-refractivity contribution in [1.82, 2.24) is 15.2 Å². The minimum absolute atomic E-state index is 0.155. The third-order valence-corrected chi connectivity index (χ3v) is 3.69. The summed E-state index contributed by atoms with van der Waals surface area (Å²) in [6.45, 7) is 1.53. The molecule has 0 unspecified atom stereocenters. The number of rotatable bonds is 8. The second kappa shape index (κ2) is 9.53. The molecule has 0 radical (unpaired) electrons. The van der Waals surface area contributed by atoms with Gasteiger partial charge in [0.05, 0.1) is 23.9 Å². The molecule has 1 aromatic carbocycles. The van der Waals surface area contributed by atoms with Gasteiger partial charge in [0.1, 0.15) is 5.82 Å². The van der Waals surface area contributed by atoms with Crippen LogP contribution in [-0.2, 0) is 4.74 Å². The van der Waals surface area contributed by atoms with Gasteiger partial charge in [0.15, 0.2) is 0 Å². The van der Waals surface area contributed by atoms with E-state index in [1.807, 2.05) is 20.2 Å². The molecule has 0 spiro atoms. The van der Waals surface area contributed by atoms with Crippen LogP contribution in [0.1, 0.15) is 27.1 Å². The third-order valence-electron chi connectivity index (χ3n) is 3.69. The fraction of sp³-hybridized carbons (Fsp3) is 0.316. The number of benzene rings is 1. The van der Waals surface area contributed by atoms with Gasteiger partial charge < -0.3 is 20.3 Å². The summed E-state index contributed by atoms with van der Waals surface area (Å²) in [6.07, 6.45) is 2.39. The molecule has 0 aliphatic rings. The summed E-state index contributed by atoms with van der Waals surface area (Å²) >= 11 is 0. The number of hydrogen-bond donors (Lipinski definition) is 2. The number of nitrogens with one attached hydrogen (secondary N) is 2. The van der Waals surface area contributed by atoms with E-state index in [1.165, 1.54) is 13.3 Å². The average Bonchev–Trinajstić information content (AvgIpc) is 2.65. The Balaban J connectivity index is 1.98. The first-order valence-corrected chi connectivity index (χ1v) is 8.34. The first-order valence-electron chi connectivity index (χ1n) is 8.34. The average molecular weight is 356 g/mol. The summed E-state index contributed by atoms with van der Waals surface area (Å²) in [6, 6.07) is 10.4. The maximum absolute atomic E-state index is 12.1. The molecule has 0 saturated heterocycles. The Kier molecular flexibility index (Phi) is 7.11. The summed E-state index contributed by atoms with van der Waals surface area (Å²) in [5.41, 5.74) is 1.49. The molecule has 2 N–H and O–H groups in total. The number of hydrogen-bond acceptors (Lipinski definition) is 6. The van der Waals surface area contributed by atoms with Gasteiger partial charge in [-0.1, -0.05) is 12.1 Å². The lowest BCUT2D eigenvalue weighted by molar-refractivity contribution is 0.0601. The first-order chi connectivity index (χ1) is 12.5. The van der Waals surface area contributed by atoms with Gasteiger partial charge in [0.25, 0.3) is 5.91 Å². The van der Waals surface area contributed by atoms with Crippen LogP contribution in [0.2, 0.25) is 0 Å². The number of carbonyl (C=O) groups excluding carboxylic acids is 2. The molecule has 1 aromatic heterocycles. The molecule has 0 fully saturated rings. The van der Waals surface area contributed by atoms with Crippen LogP contribution in [0.15, 0.2) is 42.6 Å². The van der Waals surface area contributed by atoms with Gasteiger partial charge in [-0.25, -0.2) is 9.78 Å². The Morgan fingerprint density at radius 2 is 1.92 bits per heavy atom. The van der Waals surface area contributed by atoms with Crippen molar-refractivity contribution in [2.45, 2.75) is 6.42 Å². The SMILES string of the molecule is COC(=O)c1ccccc1Nc1ccc(C(=O)NCCCN(C)C)cn1. The maximum atomic E-state index is 12.1. The predicted molar refractivity (Wildman–Crippen MR) is 101 cm³/mol. The van der Waals surface area contributed by atoms with Gasteiger partial charge in [-0.3, -0.25) is 4.79 Å². The number of ether oxygens (including phenoxy) is 1. The second-order valence-electron chi connectivity index (χ2n) is 6.01. The summed E-state index contributed by atoms with van der Waals surface area (Å²) in [5.74, 6) is -0.0508. The van der Waals surface area contributed by atoms with E-state index in [2.05, 4.69) is 20.5 Å². The number of carbonyl (C=O) groups is 2. The van der Waals surface area contributed by atoms with Crippen molar-refractivity contribution in [3.05, 3.63) is 53.7 Å². The van der Waals surface area contributed by atoms with Crippen LogP contribution in [0.25, 0.3) is 0 Å². The number of para-hydroxylation sites is 1. The van der Waals surface area contributed by atoms with E-state index in [1.54, 1.807) is 30.3 Å². The van der Waals surface area contributed by atoms with Crippen LogP contribution in [-0.4, -0.2) is 56.1 Å². The molecule has 0 atom stereocenters. The topological polar surface area (TPSA) is 83.6 Å². The Labute approximate surface area is 153 Å². The fourth-order valence-electron chi connectivity index (χ4n) is 2.32. The summed E-state index contributed by atoms with van der Waals surface area (Å²) in [5, 5.41) is 5.94. The van der Waals surface area contributed by atoms with Crippen molar-refractivity contribution in [3.63, 3.8) is 0 Å². The normalized spacial score (nSPS) is 10.5. The molecule has 2 rings (SSSR count). The van der Waals surface area contributed by atoms with Gasteiger partial charge in [0, 0.05) is 12.7 Å². The van der Waals surface area contributed by atoms with Crippen molar-refractivity contribution in [2.24, 2.45) is 0 Å². The van der Waals surface area contributed by atoms with Crippen molar-refractivity contribution < 1.29 is 14.3 Å². The molecular formula is C19H24N4O3. The standard InChI is InChI=1S/C19H24N4O3/c1-23(2)12-6-11-20-18(24)14-9-10-17(21-13-14)22-16-8-5-4-7-15(16)19(25)26-3/h4-5,7-10,13H,6,11-12H2,1-3H3,(H,20,24)(H,21,22). The molecule has 26 heavy (non-hydrogen) atoms. The van der Waals surface area contributed by atoms with Gasteiger partial charge in [-0.2, -0.15) is 0 Å². The molecule has 0 bridgehead atoms. The lowest BCUT2D eigenvalue weighted by Gasteiger charge is -2.11. The van der Waals surface area contributed by atoms with Gasteiger partial charge in [0.2, 0.25) is 0 Å². The molecule has 7 nitrogen and oxygen atoms in total. The fourth-order valence-corrected chi connectivity index (χ4v) is 2.32.